The Morgan fingerprint density at radius 3 is 1.48 bits per heavy atom. The van der Waals surface area contributed by atoms with Gasteiger partial charge in [0.05, 0.1) is 7.11 Å². The highest BCUT2D eigenvalue weighted by molar-refractivity contribution is 6.95. The van der Waals surface area contributed by atoms with Gasteiger partial charge in [0.2, 0.25) is 0 Å². The minimum atomic E-state index is -2.07. The lowest BCUT2D eigenvalue weighted by atomic mass is 9.36. The van der Waals surface area contributed by atoms with Gasteiger partial charge in [-0.1, -0.05) is 0 Å². The maximum atomic E-state index is 14.5. The molecule has 0 unspecified atom stereocenters. The van der Waals surface area contributed by atoms with E-state index in [4.69, 9.17) is 4.74 Å². The van der Waals surface area contributed by atoms with Crippen molar-refractivity contribution >= 4 is 23.1 Å². The fraction of sp³-hybridized carbons (Fsp3) is 0.0526. The van der Waals surface area contributed by atoms with Gasteiger partial charge < -0.3 is 4.74 Å². The van der Waals surface area contributed by atoms with Crippen molar-refractivity contribution in [3.8, 4) is 5.75 Å². The van der Waals surface area contributed by atoms with E-state index in [1.165, 1.54) is 0 Å². The Morgan fingerprint density at radius 2 is 1.03 bits per heavy atom. The van der Waals surface area contributed by atoms with Crippen molar-refractivity contribution in [1.29, 1.82) is 0 Å². The molecule has 3 aromatic carbocycles. The summed E-state index contributed by atoms with van der Waals surface area (Å²) in [6, 6.07) is 2.18. The van der Waals surface area contributed by atoms with E-state index in [1.807, 2.05) is 0 Å². The molecule has 29 heavy (non-hydrogen) atoms. The summed E-state index contributed by atoms with van der Waals surface area (Å²) in [7, 11) is 1.01. The van der Waals surface area contributed by atoms with Crippen LogP contribution in [0.5, 0.6) is 5.75 Å². The van der Waals surface area contributed by atoms with E-state index in [1.54, 1.807) is 0 Å². The van der Waals surface area contributed by atoms with E-state index in [0.717, 1.165) is 7.11 Å². The van der Waals surface area contributed by atoms with Crippen LogP contribution < -0.4 is 21.1 Å². The third-order valence-corrected chi connectivity index (χ3v) is 4.25. The number of ether oxygens (including phenoxy) is 1. The Bertz CT molecular complexity index is 1040. The molecule has 0 aliphatic carbocycles. The molecule has 0 atom stereocenters. The molecular weight excluding hydrogens is 407 g/mol. The number of rotatable bonds is 4. The molecular formula is C19H9BF8O. The normalized spacial score (nSPS) is 10.9. The lowest BCUT2D eigenvalue weighted by Crippen LogP contribution is -2.56. The molecule has 0 spiro atoms. The van der Waals surface area contributed by atoms with E-state index in [9.17, 15) is 35.1 Å². The van der Waals surface area contributed by atoms with Crippen molar-refractivity contribution in [1.82, 2.24) is 0 Å². The van der Waals surface area contributed by atoms with Gasteiger partial charge in [-0.25, -0.2) is 35.1 Å². The average Bonchev–Trinajstić information content (AvgIpc) is 2.64. The van der Waals surface area contributed by atoms with Crippen LogP contribution in [0.4, 0.5) is 35.1 Å². The molecule has 3 aromatic rings. The van der Waals surface area contributed by atoms with Crippen molar-refractivity contribution in [2.24, 2.45) is 0 Å². The van der Waals surface area contributed by atoms with Gasteiger partial charge in [0.25, 0.3) is 6.71 Å². The molecule has 0 fully saturated rings. The molecule has 10 heteroatoms. The SMILES string of the molecule is COc1cc(B(c2cc(F)cc(F)c2F)c2cc(F)cc(F)c2F)c(F)cc1F. The van der Waals surface area contributed by atoms with E-state index in [-0.39, 0.29) is 12.1 Å². The monoisotopic (exact) mass is 416 g/mol. The van der Waals surface area contributed by atoms with E-state index in [0.29, 0.717) is 24.3 Å². The Balaban J connectivity index is 2.42. The molecule has 0 saturated carbocycles. The third kappa shape index (κ3) is 3.79. The minimum absolute atomic E-state index is 0.181. The molecule has 0 aliphatic heterocycles. The topological polar surface area (TPSA) is 9.23 Å². The molecule has 0 radical (unpaired) electrons. The van der Waals surface area contributed by atoms with Crippen molar-refractivity contribution < 1.29 is 39.9 Å². The molecule has 0 aromatic heterocycles. The Kier molecular flexibility index (Phi) is 5.54. The van der Waals surface area contributed by atoms with E-state index >= 15 is 0 Å². The second-order valence-corrected chi connectivity index (χ2v) is 6.02. The van der Waals surface area contributed by atoms with Gasteiger partial charge in [0.1, 0.15) is 17.5 Å². The molecule has 0 aliphatic rings. The zero-order valence-electron chi connectivity index (χ0n) is 14.5. The van der Waals surface area contributed by atoms with Gasteiger partial charge in [0.15, 0.2) is 34.8 Å². The van der Waals surface area contributed by atoms with Crippen LogP contribution in [0, 0.1) is 46.5 Å². The highest BCUT2D eigenvalue weighted by atomic mass is 19.2. The van der Waals surface area contributed by atoms with Gasteiger partial charge in [-0.2, -0.15) is 0 Å². The standard InChI is InChI=1S/C19H9BF8O/c1-29-17-6-10(13(23)7-14(17)24)20(11-2-8(21)4-15(25)18(11)27)12-3-9(22)5-16(26)19(12)28/h2-7H,1H3. The number of halogens is 8. The Labute approximate surface area is 159 Å². The zero-order chi connectivity index (χ0) is 21.5. The molecule has 0 N–H and O–H groups in total. The van der Waals surface area contributed by atoms with Gasteiger partial charge in [0, 0.05) is 18.2 Å². The highest BCUT2D eigenvalue weighted by Gasteiger charge is 2.34. The number of hydrogen-bond donors (Lipinski definition) is 0. The summed E-state index contributed by atoms with van der Waals surface area (Å²) in [5.41, 5.74) is -2.64. The molecule has 0 saturated heterocycles. The summed E-state index contributed by atoms with van der Waals surface area (Å²) in [6.07, 6.45) is 0. The summed E-state index contributed by atoms with van der Waals surface area (Å²) >= 11 is 0. The second kappa shape index (κ2) is 7.77. The summed E-state index contributed by atoms with van der Waals surface area (Å²) < 4.78 is 117. The van der Waals surface area contributed by atoms with Crippen LogP contribution in [0.1, 0.15) is 0 Å². The molecule has 3 rings (SSSR count). The highest BCUT2D eigenvalue weighted by Crippen LogP contribution is 2.18. The molecule has 0 amide bonds. The van der Waals surface area contributed by atoms with Gasteiger partial charge in [-0.05, 0) is 34.6 Å². The fourth-order valence-corrected chi connectivity index (χ4v) is 3.00. The summed E-state index contributed by atoms with van der Waals surface area (Å²) in [5, 5.41) is 0. The van der Waals surface area contributed by atoms with Crippen LogP contribution in [-0.4, -0.2) is 13.8 Å². The van der Waals surface area contributed by atoms with Gasteiger partial charge >= 0.3 is 0 Å². The third-order valence-electron chi connectivity index (χ3n) is 4.25. The Hall–Kier alpha value is -3.04. The first-order valence-electron chi connectivity index (χ1n) is 7.95. The van der Waals surface area contributed by atoms with Crippen molar-refractivity contribution in [2.75, 3.05) is 7.11 Å². The minimum Gasteiger partial charge on any atom is -0.494 e. The number of methoxy groups -OCH3 is 1. The van der Waals surface area contributed by atoms with E-state index in [2.05, 4.69) is 0 Å². The number of hydrogen-bond acceptors (Lipinski definition) is 1. The predicted octanol–water partition coefficient (Wildman–Crippen LogP) is 3.32. The fourth-order valence-electron chi connectivity index (χ4n) is 3.00. The predicted molar refractivity (Wildman–Crippen MR) is 90.2 cm³/mol. The van der Waals surface area contributed by atoms with E-state index < -0.39 is 75.4 Å². The van der Waals surface area contributed by atoms with Crippen LogP contribution in [0.3, 0.4) is 0 Å². The lowest BCUT2D eigenvalue weighted by Gasteiger charge is -2.19. The summed E-state index contributed by atoms with van der Waals surface area (Å²) in [5.74, 6) is -12.6. The smallest absolute Gasteiger partial charge is 0.253 e. The second-order valence-electron chi connectivity index (χ2n) is 6.02. The lowest BCUT2D eigenvalue weighted by molar-refractivity contribution is 0.385. The first kappa shape index (κ1) is 20.7. The summed E-state index contributed by atoms with van der Waals surface area (Å²) in [4.78, 5) is 0. The van der Waals surface area contributed by atoms with Gasteiger partial charge in [-0.15, -0.1) is 0 Å². The van der Waals surface area contributed by atoms with Crippen molar-refractivity contribution in [3.05, 3.63) is 82.9 Å². The quantitative estimate of drug-likeness (QED) is 0.361. The first-order chi connectivity index (χ1) is 13.6. The van der Waals surface area contributed by atoms with Crippen LogP contribution in [0.2, 0.25) is 0 Å². The number of benzene rings is 3. The molecule has 0 heterocycles. The maximum Gasteiger partial charge on any atom is 0.253 e. The van der Waals surface area contributed by atoms with Crippen molar-refractivity contribution in [3.63, 3.8) is 0 Å². The van der Waals surface area contributed by atoms with Gasteiger partial charge in [-0.3, -0.25) is 0 Å². The zero-order valence-corrected chi connectivity index (χ0v) is 14.5. The van der Waals surface area contributed by atoms with Crippen LogP contribution in [0.15, 0.2) is 36.4 Å². The van der Waals surface area contributed by atoms with Crippen LogP contribution in [0.25, 0.3) is 0 Å². The largest absolute Gasteiger partial charge is 0.494 e. The van der Waals surface area contributed by atoms with Crippen LogP contribution >= 0.6 is 0 Å². The van der Waals surface area contributed by atoms with Crippen LogP contribution in [-0.2, 0) is 0 Å². The average molecular weight is 416 g/mol. The first-order valence-corrected chi connectivity index (χ1v) is 7.95. The molecule has 150 valence electrons. The summed E-state index contributed by atoms with van der Waals surface area (Å²) in [6.45, 7) is -2.07. The molecule has 1 nitrogen and oxygen atoms in total. The van der Waals surface area contributed by atoms with Crippen molar-refractivity contribution in [2.45, 2.75) is 0 Å². The maximum absolute atomic E-state index is 14.5. The Morgan fingerprint density at radius 1 is 0.552 bits per heavy atom. The molecule has 0 bridgehead atoms.